The molecule has 96 valence electrons. The van der Waals surface area contributed by atoms with Gasteiger partial charge in [0.25, 0.3) is 0 Å². The van der Waals surface area contributed by atoms with Crippen molar-refractivity contribution >= 4 is 16.4 Å². The Bertz CT molecular complexity index is 374. The highest BCUT2D eigenvalue weighted by Crippen LogP contribution is 2.36. The van der Waals surface area contributed by atoms with E-state index in [1.165, 1.54) is 5.76 Å². The molecule has 1 aliphatic carbocycles. The molecule has 0 fully saturated rings. The fourth-order valence-corrected chi connectivity index (χ4v) is 3.39. The molecule has 0 amide bonds. The Labute approximate surface area is 109 Å². The summed E-state index contributed by atoms with van der Waals surface area (Å²) in [7, 11) is -2.72. The van der Waals surface area contributed by atoms with Gasteiger partial charge in [0.1, 0.15) is 8.07 Å². The molecular formula is C14H26OSi2. The second-order valence-electron chi connectivity index (χ2n) is 7.24. The van der Waals surface area contributed by atoms with Crippen LogP contribution in [0.3, 0.4) is 0 Å². The number of hydrogen-bond donors (Lipinski definition) is 0. The Hall–Kier alpha value is -0.466. The van der Waals surface area contributed by atoms with E-state index in [1.54, 1.807) is 0 Å². The summed E-state index contributed by atoms with van der Waals surface area (Å²) < 4.78 is 6.07. The lowest BCUT2D eigenvalue weighted by Crippen LogP contribution is -2.24. The zero-order valence-electron chi connectivity index (χ0n) is 12.4. The third kappa shape index (κ3) is 5.60. The van der Waals surface area contributed by atoms with Gasteiger partial charge in [0.05, 0.1) is 5.76 Å². The first-order chi connectivity index (χ1) is 7.49. The first kappa shape index (κ1) is 14.6. The van der Waals surface area contributed by atoms with Crippen molar-refractivity contribution in [2.45, 2.75) is 59.0 Å². The van der Waals surface area contributed by atoms with Gasteiger partial charge < -0.3 is 4.43 Å². The van der Waals surface area contributed by atoms with Gasteiger partial charge >= 0.3 is 0 Å². The summed E-state index contributed by atoms with van der Waals surface area (Å²) >= 11 is 0. The second kappa shape index (κ2) is 4.66. The Morgan fingerprint density at radius 2 is 1.76 bits per heavy atom. The van der Waals surface area contributed by atoms with E-state index in [0.29, 0.717) is 0 Å². The van der Waals surface area contributed by atoms with Crippen molar-refractivity contribution in [2.24, 2.45) is 5.41 Å². The molecule has 1 rings (SSSR count). The lowest BCUT2D eigenvalue weighted by atomic mass is 9.92. The molecule has 17 heavy (non-hydrogen) atoms. The maximum atomic E-state index is 6.07. The quantitative estimate of drug-likeness (QED) is 0.531. The van der Waals surface area contributed by atoms with Crippen LogP contribution in [0.5, 0.6) is 0 Å². The molecule has 1 unspecified atom stereocenters. The van der Waals surface area contributed by atoms with Crippen LogP contribution in [0.25, 0.3) is 0 Å². The second-order valence-corrected chi connectivity index (χ2v) is 16.4. The Morgan fingerprint density at radius 3 is 2.24 bits per heavy atom. The fraction of sp³-hybridized carbons (Fsp3) is 0.714. The monoisotopic (exact) mass is 266 g/mol. The maximum absolute atomic E-state index is 6.07. The average molecular weight is 267 g/mol. The van der Waals surface area contributed by atoms with Crippen molar-refractivity contribution < 1.29 is 4.43 Å². The third-order valence-corrected chi connectivity index (χ3v) is 4.28. The smallest absolute Gasteiger partial charge is 0.241 e. The van der Waals surface area contributed by atoms with Gasteiger partial charge in [-0.05, 0) is 39.1 Å². The molecule has 0 radical (unpaired) electrons. The van der Waals surface area contributed by atoms with Gasteiger partial charge in [-0.25, -0.2) is 0 Å². The Morgan fingerprint density at radius 1 is 1.18 bits per heavy atom. The van der Waals surface area contributed by atoms with Gasteiger partial charge in [-0.3, -0.25) is 0 Å². The number of rotatable bonds is 2. The molecule has 0 N–H and O–H groups in total. The van der Waals surface area contributed by atoms with E-state index < -0.39 is 16.4 Å². The molecule has 0 bridgehead atoms. The molecule has 1 atom stereocenters. The van der Waals surface area contributed by atoms with Gasteiger partial charge in [-0.15, -0.1) is 5.54 Å². The lowest BCUT2D eigenvalue weighted by molar-refractivity contribution is 0.406. The van der Waals surface area contributed by atoms with Crippen molar-refractivity contribution in [1.29, 1.82) is 0 Å². The minimum Gasteiger partial charge on any atom is -0.548 e. The SMILES string of the molecule is CC1(C#C[Si](C)(C)C)C=C(O[Si](C)(C)C)CC1. The molecule has 0 spiro atoms. The molecule has 1 aliphatic rings. The summed E-state index contributed by atoms with van der Waals surface area (Å²) in [6, 6.07) is 0. The zero-order valence-corrected chi connectivity index (χ0v) is 14.4. The predicted octanol–water partition coefficient (Wildman–Crippen LogP) is 4.40. The van der Waals surface area contributed by atoms with Crippen LogP contribution in [0.1, 0.15) is 19.8 Å². The van der Waals surface area contributed by atoms with Crippen LogP contribution in [0, 0.1) is 16.9 Å². The van der Waals surface area contributed by atoms with Crippen LogP contribution >= 0.6 is 0 Å². The van der Waals surface area contributed by atoms with E-state index >= 15 is 0 Å². The highest BCUT2D eigenvalue weighted by Gasteiger charge is 2.29. The highest BCUT2D eigenvalue weighted by molar-refractivity contribution is 6.83. The highest BCUT2D eigenvalue weighted by atomic mass is 28.4. The number of allylic oxidation sites excluding steroid dienone is 2. The van der Waals surface area contributed by atoms with E-state index in [0.717, 1.165) is 12.8 Å². The van der Waals surface area contributed by atoms with Gasteiger partial charge in [0.2, 0.25) is 8.32 Å². The third-order valence-electron chi connectivity index (χ3n) is 2.53. The molecule has 0 aliphatic heterocycles. The van der Waals surface area contributed by atoms with Crippen molar-refractivity contribution in [3.8, 4) is 11.5 Å². The minimum atomic E-state index is -1.45. The van der Waals surface area contributed by atoms with E-state index in [2.05, 4.69) is 63.7 Å². The normalized spacial score (nSPS) is 25.0. The Kier molecular flexibility index (Phi) is 4.00. The largest absolute Gasteiger partial charge is 0.548 e. The van der Waals surface area contributed by atoms with Gasteiger partial charge in [-0.2, -0.15) is 0 Å². The van der Waals surface area contributed by atoms with E-state index in [9.17, 15) is 0 Å². The fourth-order valence-electron chi connectivity index (χ4n) is 1.79. The Balaban J connectivity index is 2.78. The van der Waals surface area contributed by atoms with E-state index in [4.69, 9.17) is 4.43 Å². The van der Waals surface area contributed by atoms with Crippen LogP contribution in [0.15, 0.2) is 11.8 Å². The first-order valence-electron chi connectivity index (χ1n) is 6.44. The summed E-state index contributed by atoms with van der Waals surface area (Å²) in [5.74, 6) is 4.66. The van der Waals surface area contributed by atoms with Crippen LogP contribution in [-0.2, 0) is 4.43 Å². The van der Waals surface area contributed by atoms with E-state index in [1.807, 2.05) is 0 Å². The molecule has 0 aromatic rings. The number of hydrogen-bond acceptors (Lipinski definition) is 1. The summed E-state index contributed by atoms with van der Waals surface area (Å²) in [5.41, 5.74) is 3.54. The summed E-state index contributed by atoms with van der Waals surface area (Å²) in [5, 5.41) is 0. The van der Waals surface area contributed by atoms with Gasteiger partial charge in [-0.1, -0.05) is 25.6 Å². The molecular weight excluding hydrogens is 240 g/mol. The minimum absolute atomic E-state index is 0.0509. The van der Waals surface area contributed by atoms with Crippen LogP contribution in [0.4, 0.5) is 0 Å². The lowest BCUT2D eigenvalue weighted by Gasteiger charge is -2.19. The van der Waals surface area contributed by atoms with Crippen molar-refractivity contribution in [2.75, 3.05) is 0 Å². The van der Waals surface area contributed by atoms with Crippen molar-refractivity contribution in [3.05, 3.63) is 11.8 Å². The van der Waals surface area contributed by atoms with Crippen LogP contribution in [-0.4, -0.2) is 16.4 Å². The molecule has 0 aromatic heterocycles. The summed E-state index contributed by atoms with van der Waals surface area (Å²) in [4.78, 5) is 0. The molecule has 0 saturated heterocycles. The van der Waals surface area contributed by atoms with Crippen LogP contribution in [0.2, 0.25) is 39.3 Å². The first-order valence-corrected chi connectivity index (χ1v) is 13.4. The average Bonchev–Trinajstić information content (AvgIpc) is 2.41. The van der Waals surface area contributed by atoms with Crippen molar-refractivity contribution in [1.82, 2.24) is 0 Å². The summed E-state index contributed by atoms with van der Waals surface area (Å²) in [6.07, 6.45) is 4.43. The topological polar surface area (TPSA) is 9.23 Å². The standard InChI is InChI=1S/C14H26OSi2/c1-14(10-11-16(2,3)4)9-8-13(12-14)15-17(5,6)7/h12H,8-9H2,1-7H3. The molecule has 1 nitrogen and oxygen atoms in total. The summed E-state index contributed by atoms with van der Waals surface area (Å²) in [6.45, 7) is 15.8. The van der Waals surface area contributed by atoms with Crippen LogP contribution < -0.4 is 0 Å². The molecule has 0 saturated carbocycles. The van der Waals surface area contributed by atoms with Crippen molar-refractivity contribution in [3.63, 3.8) is 0 Å². The van der Waals surface area contributed by atoms with E-state index in [-0.39, 0.29) is 5.41 Å². The van der Waals surface area contributed by atoms with Gasteiger partial charge in [0, 0.05) is 11.8 Å². The molecule has 0 heterocycles. The van der Waals surface area contributed by atoms with Gasteiger partial charge in [0.15, 0.2) is 0 Å². The molecule has 3 heteroatoms. The predicted molar refractivity (Wildman–Crippen MR) is 81.0 cm³/mol. The maximum Gasteiger partial charge on any atom is 0.241 e. The molecule has 0 aromatic carbocycles. The zero-order chi connectivity index (χ0) is 13.3.